The number of sulfonamides is 1. The average molecular weight is 319 g/mol. The number of benzene rings is 1. The number of ether oxygens (including phenoxy) is 1. The van der Waals surface area contributed by atoms with Gasteiger partial charge in [-0.3, -0.25) is 4.72 Å². The molecule has 0 fully saturated rings. The van der Waals surface area contributed by atoms with Crippen LogP contribution in [0, 0.1) is 0 Å². The normalized spacial score (nSPS) is 11.3. The van der Waals surface area contributed by atoms with Crippen LogP contribution in [0.2, 0.25) is 5.02 Å². The van der Waals surface area contributed by atoms with Crippen LogP contribution >= 0.6 is 22.9 Å². The summed E-state index contributed by atoms with van der Waals surface area (Å²) < 4.78 is 32.2. The fourth-order valence-electron chi connectivity index (χ4n) is 1.41. The van der Waals surface area contributed by atoms with Gasteiger partial charge in [0.2, 0.25) is 0 Å². The largest absolute Gasteiger partial charge is 0.492 e. The molecule has 0 bridgehead atoms. The van der Waals surface area contributed by atoms with Gasteiger partial charge >= 0.3 is 0 Å². The summed E-state index contributed by atoms with van der Waals surface area (Å²) in [5, 5.41) is 2.30. The first-order valence-corrected chi connectivity index (χ1v) is 8.11. The van der Waals surface area contributed by atoms with Gasteiger partial charge in [-0.25, -0.2) is 13.4 Å². The first-order chi connectivity index (χ1) is 9.03. The van der Waals surface area contributed by atoms with E-state index in [0.717, 1.165) is 0 Å². The topological polar surface area (TPSA) is 68.3 Å². The Morgan fingerprint density at radius 2 is 2.26 bits per heavy atom. The summed E-state index contributed by atoms with van der Waals surface area (Å²) in [6.07, 6.45) is 1.52. The van der Waals surface area contributed by atoms with E-state index in [1.54, 1.807) is 18.4 Å². The number of halogens is 1. The molecule has 5 nitrogen and oxygen atoms in total. The second kappa shape index (κ2) is 5.77. The summed E-state index contributed by atoms with van der Waals surface area (Å²) in [6, 6.07) is 4.46. The third-order valence-electron chi connectivity index (χ3n) is 2.15. The van der Waals surface area contributed by atoms with Crippen LogP contribution in [0.5, 0.6) is 5.75 Å². The molecule has 0 aliphatic rings. The van der Waals surface area contributed by atoms with Crippen molar-refractivity contribution >= 4 is 38.1 Å². The summed E-state index contributed by atoms with van der Waals surface area (Å²) in [4.78, 5) is 3.88. The van der Waals surface area contributed by atoms with Crippen LogP contribution in [0.15, 0.2) is 34.7 Å². The van der Waals surface area contributed by atoms with Crippen molar-refractivity contribution in [2.75, 3.05) is 11.3 Å². The van der Waals surface area contributed by atoms with Crippen LogP contribution in [-0.4, -0.2) is 20.0 Å². The minimum Gasteiger partial charge on any atom is -0.492 e. The Labute approximate surface area is 120 Å². The van der Waals surface area contributed by atoms with E-state index in [1.807, 2.05) is 0 Å². The van der Waals surface area contributed by atoms with E-state index in [2.05, 4.69) is 9.71 Å². The van der Waals surface area contributed by atoms with Crippen LogP contribution in [0.4, 0.5) is 5.13 Å². The fraction of sp³-hybridized carbons (Fsp3) is 0.182. The lowest BCUT2D eigenvalue weighted by Crippen LogP contribution is -2.14. The Morgan fingerprint density at radius 1 is 1.47 bits per heavy atom. The number of thiazole rings is 1. The minimum absolute atomic E-state index is 0.00273. The zero-order valence-electron chi connectivity index (χ0n) is 9.96. The number of nitrogens with one attached hydrogen (secondary N) is 1. The molecule has 0 unspecified atom stereocenters. The molecule has 0 saturated heterocycles. The van der Waals surface area contributed by atoms with Crippen LogP contribution in [0.3, 0.4) is 0 Å². The number of anilines is 1. The number of rotatable bonds is 5. The highest BCUT2D eigenvalue weighted by molar-refractivity contribution is 7.93. The smallest absolute Gasteiger partial charge is 0.267 e. The molecule has 1 N–H and O–H groups in total. The molecule has 0 amide bonds. The Hall–Kier alpha value is -1.31. The molecular formula is C11H11ClN2O3S2. The van der Waals surface area contributed by atoms with Gasteiger partial charge in [0.1, 0.15) is 10.6 Å². The Bertz CT molecular complexity index is 657. The summed E-state index contributed by atoms with van der Waals surface area (Å²) in [5.41, 5.74) is 0. The van der Waals surface area contributed by atoms with Crippen LogP contribution in [0.25, 0.3) is 0 Å². The van der Waals surface area contributed by atoms with E-state index in [0.29, 0.717) is 16.8 Å². The predicted molar refractivity (Wildman–Crippen MR) is 75.5 cm³/mol. The van der Waals surface area contributed by atoms with Crippen LogP contribution < -0.4 is 9.46 Å². The summed E-state index contributed by atoms with van der Waals surface area (Å²) >= 11 is 7.04. The highest BCUT2D eigenvalue weighted by Gasteiger charge is 2.21. The van der Waals surface area contributed by atoms with Gasteiger partial charge in [0.25, 0.3) is 10.0 Å². The molecule has 1 aromatic carbocycles. The molecule has 19 heavy (non-hydrogen) atoms. The molecule has 0 spiro atoms. The third-order valence-corrected chi connectivity index (χ3v) is 4.56. The number of nitrogens with zero attached hydrogens (tertiary/aromatic N) is 1. The molecular weight excluding hydrogens is 308 g/mol. The van der Waals surface area contributed by atoms with Crippen molar-refractivity contribution in [2.24, 2.45) is 0 Å². The van der Waals surface area contributed by atoms with Crippen LogP contribution in [-0.2, 0) is 10.0 Å². The molecule has 0 aliphatic carbocycles. The van der Waals surface area contributed by atoms with E-state index in [9.17, 15) is 8.42 Å². The third kappa shape index (κ3) is 3.37. The van der Waals surface area contributed by atoms with Gasteiger partial charge in [-0.1, -0.05) is 11.6 Å². The first-order valence-electron chi connectivity index (χ1n) is 5.37. The molecule has 2 rings (SSSR count). The molecule has 0 saturated carbocycles. The van der Waals surface area contributed by atoms with Crippen molar-refractivity contribution in [3.63, 3.8) is 0 Å². The first kappa shape index (κ1) is 14.1. The minimum atomic E-state index is -3.77. The van der Waals surface area contributed by atoms with E-state index in [4.69, 9.17) is 16.3 Å². The molecule has 1 heterocycles. The number of hydrogen-bond donors (Lipinski definition) is 1. The van der Waals surface area contributed by atoms with Crippen LogP contribution in [0.1, 0.15) is 6.92 Å². The van der Waals surface area contributed by atoms with Crippen molar-refractivity contribution in [1.29, 1.82) is 0 Å². The summed E-state index contributed by atoms with van der Waals surface area (Å²) in [6.45, 7) is 2.14. The van der Waals surface area contributed by atoms with Crippen molar-refractivity contribution in [1.82, 2.24) is 4.98 Å². The van der Waals surface area contributed by atoms with Gasteiger partial charge in [0.15, 0.2) is 5.13 Å². The second-order valence-corrected chi connectivity index (χ2v) is 6.45. The maximum absolute atomic E-state index is 12.3. The Balaban J connectivity index is 2.41. The lowest BCUT2D eigenvalue weighted by Gasteiger charge is -2.11. The SMILES string of the molecule is CCOc1ccc(Cl)cc1S(=O)(=O)Nc1nccs1. The van der Waals surface area contributed by atoms with Crippen molar-refractivity contribution < 1.29 is 13.2 Å². The highest BCUT2D eigenvalue weighted by atomic mass is 35.5. The second-order valence-electron chi connectivity index (χ2n) is 3.47. The standard InChI is InChI=1S/C11H11ClN2O3S2/c1-2-17-9-4-3-8(12)7-10(9)19(15,16)14-11-13-5-6-18-11/h3-7H,2H2,1H3,(H,13,14). The molecule has 0 aliphatic heterocycles. The Kier molecular flexibility index (Phi) is 4.28. The molecule has 0 radical (unpaired) electrons. The summed E-state index contributed by atoms with van der Waals surface area (Å²) in [7, 11) is -3.77. The predicted octanol–water partition coefficient (Wildman–Crippen LogP) is 3.00. The maximum Gasteiger partial charge on any atom is 0.267 e. The van der Waals surface area contributed by atoms with Crippen molar-refractivity contribution in [3.05, 3.63) is 34.8 Å². The van der Waals surface area contributed by atoms with E-state index in [1.165, 1.54) is 29.7 Å². The fourth-order valence-corrected chi connectivity index (χ4v) is 3.61. The van der Waals surface area contributed by atoms with Gasteiger partial charge in [-0.15, -0.1) is 11.3 Å². The quantitative estimate of drug-likeness (QED) is 0.920. The van der Waals surface area contributed by atoms with E-state index >= 15 is 0 Å². The van der Waals surface area contributed by atoms with Crippen molar-refractivity contribution in [3.8, 4) is 5.75 Å². The highest BCUT2D eigenvalue weighted by Crippen LogP contribution is 2.29. The molecule has 0 atom stereocenters. The average Bonchev–Trinajstić information content (AvgIpc) is 2.83. The van der Waals surface area contributed by atoms with Crippen molar-refractivity contribution in [2.45, 2.75) is 11.8 Å². The van der Waals surface area contributed by atoms with Gasteiger partial charge in [0.05, 0.1) is 6.61 Å². The number of aromatic nitrogens is 1. The lowest BCUT2D eigenvalue weighted by atomic mass is 10.3. The molecule has 2 aromatic rings. The lowest BCUT2D eigenvalue weighted by molar-refractivity contribution is 0.331. The van der Waals surface area contributed by atoms with Gasteiger partial charge < -0.3 is 4.74 Å². The molecule has 102 valence electrons. The van der Waals surface area contributed by atoms with E-state index < -0.39 is 10.0 Å². The van der Waals surface area contributed by atoms with Gasteiger partial charge in [-0.2, -0.15) is 0 Å². The number of hydrogen-bond acceptors (Lipinski definition) is 5. The zero-order valence-corrected chi connectivity index (χ0v) is 12.3. The zero-order chi connectivity index (χ0) is 13.9. The van der Waals surface area contributed by atoms with Gasteiger partial charge in [-0.05, 0) is 25.1 Å². The molecule has 1 aromatic heterocycles. The van der Waals surface area contributed by atoms with Gasteiger partial charge in [0, 0.05) is 16.6 Å². The molecule has 8 heteroatoms. The van der Waals surface area contributed by atoms with E-state index in [-0.39, 0.29) is 10.6 Å². The monoisotopic (exact) mass is 318 g/mol. The Morgan fingerprint density at radius 3 is 2.89 bits per heavy atom. The summed E-state index contributed by atoms with van der Waals surface area (Å²) in [5.74, 6) is 0.260. The maximum atomic E-state index is 12.3.